The Kier molecular flexibility index (Phi) is 7.58. The van der Waals surface area contributed by atoms with E-state index in [9.17, 15) is 4.79 Å². The van der Waals surface area contributed by atoms with Crippen LogP contribution in [0.4, 0.5) is 0 Å². The molecule has 1 aromatic carbocycles. The molecule has 0 bridgehead atoms. The Morgan fingerprint density at radius 1 is 1.12 bits per heavy atom. The lowest BCUT2D eigenvalue weighted by atomic mass is 10.0. The van der Waals surface area contributed by atoms with Crippen molar-refractivity contribution in [2.75, 3.05) is 42.0 Å². The number of rotatable bonds is 6. The predicted octanol–water partition coefficient (Wildman–Crippen LogP) is 3.06. The van der Waals surface area contributed by atoms with E-state index in [-0.39, 0.29) is 24.1 Å². The summed E-state index contributed by atoms with van der Waals surface area (Å²) in [6, 6.07) is 3.72. The quantitative estimate of drug-likeness (QED) is 0.734. The Labute approximate surface area is 150 Å². The monoisotopic (exact) mass is 355 g/mol. The summed E-state index contributed by atoms with van der Waals surface area (Å²) in [5.41, 5.74) is 1.75. The molecule has 1 unspecified atom stereocenters. The molecular weight excluding hydrogens is 330 g/mol. The molecule has 5 nitrogen and oxygen atoms in total. The molecule has 0 spiro atoms. The van der Waals surface area contributed by atoms with E-state index >= 15 is 0 Å². The molecule has 1 aliphatic rings. The SMILES string of the molecule is COc1cc(/C=C2/CCC(CN(C)C)C2=O)cc(OC)c1OC.Cl. The van der Waals surface area contributed by atoms with Crippen LogP contribution in [0.5, 0.6) is 17.2 Å². The first-order chi connectivity index (χ1) is 11.0. The second kappa shape index (κ2) is 8.94. The van der Waals surface area contributed by atoms with Crippen molar-refractivity contribution in [2.45, 2.75) is 12.8 Å². The number of carbonyl (C=O) groups excluding carboxylic acids is 1. The van der Waals surface area contributed by atoms with Crippen LogP contribution in [0.2, 0.25) is 0 Å². The fourth-order valence-corrected chi connectivity index (χ4v) is 2.99. The van der Waals surface area contributed by atoms with Crippen molar-refractivity contribution in [2.24, 2.45) is 5.92 Å². The molecule has 6 heteroatoms. The summed E-state index contributed by atoms with van der Waals surface area (Å²) in [4.78, 5) is 14.6. The number of hydrogen-bond acceptors (Lipinski definition) is 5. The number of halogens is 1. The highest BCUT2D eigenvalue weighted by atomic mass is 35.5. The molecule has 0 N–H and O–H groups in total. The second-order valence-corrected chi connectivity index (χ2v) is 5.99. The Bertz CT molecular complexity index is 588. The third kappa shape index (κ3) is 4.42. The molecule has 1 aromatic rings. The largest absolute Gasteiger partial charge is 0.493 e. The molecule has 1 aliphatic carbocycles. The normalized spacial score (nSPS) is 18.7. The van der Waals surface area contributed by atoms with Crippen LogP contribution in [0.15, 0.2) is 17.7 Å². The second-order valence-electron chi connectivity index (χ2n) is 5.99. The van der Waals surface area contributed by atoms with Crippen LogP contribution in [0.25, 0.3) is 6.08 Å². The molecule has 0 aliphatic heterocycles. The Balaban J connectivity index is 0.00000288. The maximum absolute atomic E-state index is 12.5. The zero-order chi connectivity index (χ0) is 17.0. The van der Waals surface area contributed by atoms with Gasteiger partial charge in [0.15, 0.2) is 17.3 Å². The minimum absolute atomic E-state index is 0. The Hall–Kier alpha value is -1.72. The van der Waals surface area contributed by atoms with Crippen molar-refractivity contribution in [1.29, 1.82) is 0 Å². The van der Waals surface area contributed by atoms with Gasteiger partial charge >= 0.3 is 0 Å². The summed E-state index contributed by atoms with van der Waals surface area (Å²) in [6.45, 7) is 0.797. The van der Waals surface area contributed by atoms with Gasteiger partial charge in [-0.05, 0) is 56.3 Å². The number of hydrogen-bond donors (Lipinski definition) is 0. The van der Waals surface area contributed by atoms with E-state index in [0.717, 1.165) is 30.5 Å². The third-order valence-electron chi connectivity index (χ3n) is 4.06. The van der Waals surface area contributed by atoms with Gasteiger partial charge in [-0.25, -0.2) is 0 Å². The molecule has 1 saturated carbocycles. The Morgan fingerprint density at radius 2 is 1.71 bits per heavy atom. The van der Waals surface area contributed by atoms with Crippen LogP contribution in [0, 0.1) is 5.92 Å². The van der Waals surface area contributed by atoms with Gasteiger partial charge in [0.1, 0.15) is 0 Å². The van der Waals surface area contributed by atoms with Gasteiger partial charge < -0.3 is 19.1 Å². The van der Waals surface area contributed by atoms with E-state index in [1.807, 2.05) is 32.3 Å². The number of ketones is 1. The summed E-state index contributed by atoms with van der Waals surface area (Å²) in [6.07, 6.45) is 3.66. The summed E-state index contributed by atoms with van der Waals surface area (Å²) in [5, 5.41) is 0. The van der Waals surface area contributed by atoms with Gasteiger partial charge in [0.05, 0.1) is 21.3 Å². The fraction of sp³-hybridized carbons (Fsp3) is 0.500. The number of ether oxygens (including phenoxy) is 3. The smallest absolute Gasteiger partial charge is 0.203 e. The first-order valence-electron chi connectivity index (χ1n) is 7.69. The molecule has 2 rings (SSSR count). The maximum atomic E-state index is 12.5. The summed E-state index contributed by atoms with van der Waals surface area (Å²) in [7, 11) is 8.73. The molecule has 0 heterocycles. The molecule has 1 fully saturated rings. The molecular formula is C18H26ClNO4. The van der Waals surface area contributed by atoms with Gasteiger partial charge in [-0.15, -0.1) is 12.4 Å². The Morgan fingerprint density at radius 3 is 2.17 bits per heavy atom. The van der Waals surface area contributed by atoms with Crippen LogP contribution in [0.1, 0.15) is 18.4 Å². The van der Waals surface area contributed by atoms with Crippen LogP contribution < -0.4 is 14.2 Å². The zero-order valence-electron chi connectivity index (χ0n) is 14.9. The van der Waals surface area contributed by atoms with E-state index in [0.29, 0.717) is 17.2 Å². The third-order valence-corrected chi connectivity index (χ3v) is 4.06. The molecule has 1 atom stereocenters. The number of Topliss-reactive ketones (excluding diaryl/α,β-unsaturated/α-hetero) is 1. The molecule has 24 heavy (non-hydrogen) atoms. The van der Waals surface area contributed by atoms with E-state index in [1.54, 1.807) is 21.3 Å². The number of benzene rings is 1. The minimum atomic E-state index is 0. The lowest BCUT2D eigenvalue weighted by Gasteiger charge is -2.14. The van der Waals surface area contributed by atoms with Gasteiger partial charge in [0.25, 0.3) is 0 Å². The number of carbonyl (C=O) groups is 1. The standard InChI is InChI=1S/C18H25NO4.ClH/c1-19(2)11-14-7-6-13(17(14)20)8-12-9-15(21-3)18(23-5)16(10-12)22-4;/h8-10,14H,6-7,11H2,1-5H3;1H/b13-8-;. The lowest BCUT2D eigenvalue weighted by molar-refractivity contribution is -0.118. The van der Waals surface area contributed by atoms with Crippen molar-refractivity contribution in [1.82, 2.24) is 4.90 Å². The van der Waals surface area contributed by atoms with E-state index in [4.69, 9.17) is 14.2 Å². The molecule has 0 saturated heterocycles. The number of allylic oxidation sites excluding steroid dienone is 1. The van der Waals surface area contributed by atoms with Gasteiger partial charge in [-0.3, -0.25) is 4.79 Å². The lowest BCUT2D eigenvalue weighted by Crippen LogP contribution is -2.24. The van der Waals surface area contributed by atoms with Crippen molar-refractivity contribution in [3.63, 3.8) is 0 Å². The van der Waals surface area contributed by atoms with Crippen LogP contribution in [0.3, 0.4) is 0 Å². The zero-order valence-corrected chi connectivity index (χ0v) is 15.7. The molecule has 0 aromatic heterocycles. The van der Waals surface area contributed by atoms with Gasteiger partial charge in [-0.2, -0.15) is 0 Å². The first kappa shape index (κ1) is 20.3. The molecule has 134 valence electrons. The van der Waals surface area contributed by atoms with Crippen molar-refractivity contribution in [3.05, 3.63) is 23.3 Å². The molecule has 0 radical (unpaired) electrons. The van der Waals surface area contributed by atoms with Gasteiger partial charge in [0.2, 0.25) is 5.75 Å². The topological polar surface area (TPSA) is 48.0 Å². The fourth-order valence-electron chi connectivity index (χ4n) is 2.99. The molecule has 0 amide bonds. The van der Waals surface area contributed by atoms with E-state index in [1.165, 1.54) is 0 Å². The highest BCUT2D eigenvalue weighted by Gasteiger charge is 2.29. The summed E-state index contributed by atoms with van der Waals surface area (Å²) in [5.74, 6) is 2.08. The highest BCUT2D eigenvalue weighted by Crippen LogP contribution is 2.39. The van der Waals surface area contributed by atoms with Crippen LogP contribution >= 0.6 is 12.4 Å². The average molecular weight is 356 g/mol. The predicted molar refractivity (Wildman–Crippen MR) is 97.6 cm³/mol. The number of nitrogens with zero attached hydrogens (tertiary/aromatic N) is 1. The highest BCUT2D eigenvalue weighted by molar-refractivity contribution is 6.03. The average Bonchev–Trinajstić information content (AvgIpc) is 2.86. The summed E-state index contributed by atoms with van der Waals surface area (Å²) < 4.78 is 16.0. The van der Waals surface area contributed by atoms with E-state index in [2.05, 4.69) is 4.90 Å². The maximum Gasteiger partial charge on any atom is 0.203 e. The first-order valence-corrected chi connectivity index (χ1v) is 7.69. The summed E-state index contributed by atoms with van der Waals surface area (Å²) >= 11 is 0. The van der Waals surface area contributed by atoms with E-state index < -0.39 is 0 Å². The van der Waals surface area contributed by atoms with Crippen molar-refractivity contribution >= 4 is 24.3 Å². The van der Waals surface area contributed by atoms with Crippen molar-refractivity contribution in [3.8, 4) is 17.2 Å². The van der Waals surface area contributed by atoms with Crippen LogP contribution in [-0.2, 0) is 4.79 Å². The number of methoxy groups -OCH3 is 3. The minimum Gasteiger partial charge on any atom is -0.493 e. The van der Waals surface area contributed by atoms with Gasteiger partial charge in [0, 0.05) is 12.5 Å². The van der Waals surface area contributed by atoms with Crippen molar-refractivity contribution < 1.29 is 19.0 Å². The van der Waals surface area contributed by atoms with Gasteiger partial charge in [-0.1, -0.05) is 0 Å². The van der Waals surface area contributed by atoms with Crippen LogP contribution in [-0.4, -0.2) is 52.7 Å².